The standard InChI is InChI=1S/C8H8N4O2S/c1-12(14-2)8(13)7-9-3-5-6(11-7)10-4-15-5/h3-4H,1-2H3. The third-order valence-corrected chi connectivity index (χ3v) is 2.59. The zero-order chi connectivity index (χ0) is 10.8. The first-order valence-corrected chi connectivity index (χ1v) is 4.98. The van der Waals surface area contributed by atoms with Crippen molar-refractivity contribution in [1.82, 2.24) is 20.0 Å². The van der Waals surface area contributed by atoms with Crippen molar-refractivity contribution in [2.24, 2.45) is 0 Å². The zero-order valence-electron chi connectivity index (χ0n) is 8.17. The van der Waals surface area contributed by atoms with Gasteiger partial charge in [0.05, 0.1) is 23.5 Å². The Labute approximate surface area is 89.5 Å². The summed E-state index contributed by atoms with van der Waals surface area (Å²) in [5.41, 5.74) is 2.19. The van der Waals surface area contributed by atoms with Gasteiger partial charge in [0.15, 0.2) is 5.65 Å². The Kier molecular flexibility index (Phi) is 2.57. The Bertz CT molecular complexity index is 498. The van der Waals surface area contributed by atoms with Crippen LogP contribution in [0.2, 0.25) is 0 Å². The van der Waals surface area contributed by atoms with E-state index in [1.54, 1.807) is 11.7 Å². The molecular formula is C8H8N4O2S. The number of fused-ring (bicyclic) bond motifs is 1. The summed E-state index contributed by atoms with van der Waals surface area (Å²) in [6, 6.07) is 0. The minimum atomic E-state index is -0.396. The van der Waals surface area contributed by atoms with Crippen molar-refractivity contribution in [1.29, 1.82) is 0 Å². The van der Waals surface area contributed by atoms with Gasteiger partial charge in [-0.2, -0.15) is 0 Å². The molecule has 0 aliphatic rings. The van der Waals surface area contributed by atoms with E-state index in [2.05, 4.69) is 15.0 Å². The van der Waals surface area contributed by atoms with E-state index in [1.165, 1.54) is 25.5 Å². The molecule has 2 heterocycles. The number of aromatic nitrogens is 3. The highest BCUT2D eigenvalue weighted by molar-refractivity contribution is 7.16. The normalized spacial score (nSPS) is 10.5. The number of nitrogens with zero attached hydrogens (tertiary/aromatic N) is 4. The van der Waals surface area contributed by atoms with Crippen LogP contribution in [0.15, 0.2) is 11.7 Å². The average molecular weight is 224 g/mol. The SMILES string of the molecule is CON(C)C(=O)c1ncc2scnc2n1. The summed E-state index contributed by atoms with van der Waals surface area (Å²) in [6.07, 6.45) is 1.58. The van der Waals surface area contributed by atoms with Crippen molar-refractivity contribution in [3.05, 3.63) is 17.5 Å². The Morgan fingerprint density at radius 1 is 1.53 bits per heavy atom. The number of carbonyl (C=O) groups is 1. The van der Waals surface area contributed by atoms with E-state index in [9.17, 15) is 4.79 Å². The van der Waals surface area contributed by atoms with Crippen molar-refractivity contribution < 1.29 is 9.63 Å². The molecule has 78 valence electrons. The minimum absolute atomic E-state index is 0.0813. The summed E-state index contributed by atoms with van der Waals surface area (Å²) >= 11 is 1.43. The number of hydrogen-bond acceptors (Lipinski definition) is 6. The Hall–Kier alpha value is -1.60. The second-order valence-electron chi connectivity index (χ2n) is 2.72. The maximum atomic E-state index is 11.6. The van der Waals surface area contributed by atoms with Crippen LogP contribution in [0.3, 0.4) is 0 Å². The highest BCUT2D eigenvalue weighted by atomic mass is 32.1. The van der Waals surface area contributed by atoms with Crippen molar-refractivity contribution in [2.75, 3.05) is 14.2 Å². The van der Waals surface area contributed by atoms with Crippen LogP contribution in [-0.4, -0.2) is 40.1 Å². The van der Waals surface area contributed by atoms with Crippen LogP contribution in [0.25, 0.3) is 10.3 Å². The average Bonchev–Trinajstić information content (AvgIpc) is 2.73. The van der Waals surface area contributed by atoms with Gasteiger partial charge in [-0.1, -0.05) is 0 Å². The molecule has 0 fully saturated rings. The molecule has 6 nitrogen and oxygen atoms in total. The predicted octanol–water partition coefficient (Wildman–Crippen LogP) is 0.720. The van der Waals surface area contributed by atoms with Crippen LogP contribution in [0.4, 0.5) is 0 Å². The van der Waals surface area contributed by atoms with E-state index >= 15 is 0 Å². The molecule has 2 rings (SSSR count). The number of carbonyl (C=O) groups excluding carboxylic acids is 1. The maximum Gasteiger partial charge on any atom is 0.314 e. The summed E-state index contributed by atoms with van der Waals surface area (Å²) < 4.78 is 0.853. The Morgan fingerprint density at radius 2 is 2.33 bits per heavy atom. The van der Waals surface area contributed by atoms with E-state index in [1.807, 2.05) is 0 Å². The molecule has 0 N–H and O–H groups in total. The molecule has 2 aromatic rings. The highest BCUT2D eigenvalue weighted by Crippen LogP contribution is 2.14. The number of thiazole rings is 1. The van der Waals surface area contributed by atoms with E-state index < -0.39 is 5.91 Å². The van der Waals surface area contributed by atoms with Crippen LogP contribution in [0.5, 0.6) is 0 Å². The van der Waals surface area contributed by atoms with Gasteiger partial charge in [0.25, 0.3) is 0 Å². The fraction of sp³-hybridized carbons (Fsp3) is 0.250. The van der Waals surface area contributed by atoms with Gasteiger partial charge in [-0.15, -0.1) is 11.3 Å². The lowest BCUT2D eigenvalue weighted by atomic mass is 10.5. The Balaban J connectivity index is 2.39. The molecular weight excluding hydrogens is 216 g/mol. The van der Waals surface area contributed by atoms with Crippen LogP contribution >= 0.6 is 11.3 Å². The van der Waals surface area contributed by atoms with E-state index in [4.69, 9.17) is 4.84 Å². The lowest BCUT2D eigenvalue weighted by Crippen LogP contribution is -2.27. The number of amides is 1. The van der Waals surface area contributed by atoms with Crippen LogP contribution in [-0.2, 0) is 4.84 Å². The van der Waals surface area contributed by atoms with Crippen molar-refractivity contribution >= 4 is 27.6 Å². The van der Waals surface area contributed by atoms with E-state index in [0.717, 1.165) is 9.76 Å². The van der Waals surface area contributed by atoms with Crippen LogP contribution in [0, 0.1) is 0 Å². The second kappa shape index (κ2) is 3.87. The molecule has 0 aliphatic carbocycles. The van der Waals surface area contributed by atoms with Gasteiger partial charge >= 0.3 is 5.91 Å². The van der Waals surface area contributed by atoms with Gasteiger partial charge < -0.3 is 0 Å². The van der Waals surface area contributed by atoms with Gasteiger partial charge in [-0.3, -0.25) is 9.63 Å². The fourth-order valence-corrected chi connectivity index (χ4v) is 1.58. The van der Waals surface area contributed by atoms with Gasteiger partial charge in [0.2, 0.25) is 5.82 Å². The molecule has 0 aromatic carbocycles. The lowest BCUT2D eigenvalue weighted by Gasteiger charge is -2.11. The monoisotopic (exact) mass is 224 g/mol. The van der Waals surface area contributed by atoms with E-state index in [0.29, 0.717) is 5.65 Å². The molecule has 0 aliphatic heterocycles. The smallest absolute Gasteiger partial charge is 0.274 e. The van der Waals surface area contributed by atoms with Crippen LogP contribution < -0.4 is 0 Å². The molecule has 0 bridgehead atoms. The molecule has 7 heteroatoms. The molecule has 0 radical (unpaired) electrons. The second-order valence-corrected chi connectivity index (χ2v) is 3.61. The molecule has 15 heavy (non-hydrogen) atoms. The summed E-state index contributed by atoms with van der Waals surface area (Å²) in [5.74, 6) is -0.315. The first-order valence-electron chi connectivity index (χ1n) is 4.11. The van der Waals surface area contributed by atoms with Crippen molar-refractivity contribution in [3.63, 3.8) is 0 Å². The molecule has 0 spiro atoms. The van der Waals surface area contributed by atoms with E-state index in [-0.39, 0.29) is 5.82 Å². The topological polar surface area (TPSA) is 68.2 Å². The summed E-state index contributed by atoms with van der Waals surface area (Å²) in [6.45, 7) is 0. The Morgan fingerprint density at radius 3 is 3.07 bits per heavy atom. The molecule has 0 saturated carbocycles. The van der Waals surface area contributed by atoms with Crippen molar-refractivity contribution in [3.8, 4) is 0 Å². The third kappa shape index (κ3) is 1.79. The maximum absolute atomic E-state index is 11.6. The fourth-order valence-electron chi connectivity index (χ4n) is 0.997. The van der Waals surface area contributed by atoms with Crippen molar-refractivity contribution in [2.45, 2.75) is 0 Å². The predicted molar refractivity (Wildman–Crippen MR) is 54.3 cm³/mol. The molecule has 0 saturated heterocycles. The molecule has 2 aromatic heterocycles. The van der Waals surface area contributed by atoms with Gasteiger partial charge in [-0.05, 0) is 0 Å². The largest absolute Gasteiger partial charge is 0.314 e. The molecule has 1 amide bonds. The summed E-state index contributed by atoms with van der Waals surface area (Å²) in [7, 11) is 2.90. The quantitative estimate of drug-likeness (QED) is 0.703. The first kappa shape index (κ1) is 9.94. The summed E-state index contributed by atoms with van der Waals surface area (Å²) in [4.78, 5) is 28.3. The first-order chi connectivity index (χ1) is 7.22. The minimum Gasteiger partial charge on any atom is -0.274 e. The summed E-state index contributed by atoms with van der Waals surface area (Å²) in [5, 5.41) is 1.06. The van der Waals surface area contributed by atoms with Crippen LogP contribution in [0.1, 0.15) is 10.6 Å². The number of rotatable bonds is 2. The van der Waals surface area contributed by atoms with Gasteiger partial charge in [-0.25, -0.2) is 20.0 Å². The lowest BCUT2D eigenvalue weighted by molar-refractivity contribution is -0.0764. The van der Waals surface area contributed by atoms with Gasteiger partial charge in [0.1, 0.15) is 0 Å². The third-order valence-electron chi connectivity index (χ3n) is 1.84. The zero-order valence-corrected chi connectivity index (χ0v) is 8.98. The number of hydrogen-bond donors (Lipinski definition) is 0. The molecule has 0 atom stereocenters. The highest BCUT2D eigenvalue weighted by Gasteiger charge is 2.15. The molecule has 0 unspecified atom stereocenters. The number of hydroxylamine groups is 2. The van der Waals surface area contributed by atoms with Gasteiger partial charge in [0, 0.05) is 7.05 Å².